The van der Waals surface area contributed by atoms with Crippen LogP contribution in [0.15, 0.2) is 0 Å². The van der Waals surface area contributed by atoms with Crippen molar-refractivity contribution in [2.45, 2.75) is 45.1 Å². The number of nitrogens with one attached hydrogen (secondary N) is 1. The van der Waals surface area contributed by atoms with Crippen LogP contribution in [0.25, 0.3) is 0 Å². The van der Waals surface area contributed by atoms with Crippen molar-refractivity contribution in [3.8, 4) is 0 Å². The molecule has 11 heavy (non-hydrogen) atoms. The monoisotopic (exact) mass is 153 g/mol. The number of hydrogen-bond donors (Lipinski definition) is 1. The molecule has 1 heterocycles. The van der Waals surface area contributed by atoms with Crippen LogP contribution in [0.1, 0.15) is 39.0 Å². The van der Waals surface area contributed by atoms with E-state index >= 15 is 0 Å². The lowest BCUT2D eigenvalue weighted by atomic mass is 9.77. The van der Waals surface area contributed by atoms with Gasteiger partial charge in [-0.2, -0.15) is 0 Å². The van der Waals surface area contributed by atoms with Crippen molar-refractivity contribution >= 4 is 0 Å². The second-order valence-electron chi connectivity index (χ2n) is 4.40. The number of hydrogen-bond acceptors (Lipinski definition) is 1. The fraction of sp³-hybridized carbons (Fsp3) is 1.00. The second-order valence-corrected chi connectivity index (χ2v) is 4.40. The first-order valence-corrected chi connectivity index (χ1v) is 5.09. The fourth-order valence-corrected chi connectivity index (χ4v) is 2.71. The lowest BCUT2D eigenvalue weighted by Gasteiger charge is -2.39. The molecule has 1 saturated heterocycles. The van der Waals surface area contributed by atoms with Crippen molar-refractivity contribution in [2.75, 3.05) is 6.54 Å². The standard InChI is InChI=1S/C10H19N/c1-8-6-9-4-2-3-5-10(9)11-7-8/h8-11H,2-7H2,1H3/t8-,9+,10+/m0/s1. The predicted octanol–water partition coefficient (Wildman–Crippen LogP) is 2.17. The van der Waals surface area contributed by atoms with Crippen molar-refractivity contribution in [1.29, 1.82) is 0 Å². The second kappa shape index (κ2) is 3.14. The first kappa shape index (κ1) is 7.60. The maximum Gasteiger partial charge on any atom is 0.00955 e. The van der Waals surface area contributed by atoms with Gasteiger partial charge in [0.15, 0.2) is 0 Å². The van der Waals surface area contributed by atoms with E-state index in [1.165, 1.54) is 38.6 Å². The smallest absolute Gasteiger partial charge is 0.00955 e. The lowest BCUT2D eigenvalue weighted by Crippen LogP contribution is -2.46. The average molecular weight is 153 g/mol. The van der Waals surface area contributed by atoms with E-state index in [2.05, 4.69) is 12.2 Å². The Morgan fingerprint density at radius 1 is 1.18 bits per heavy atom. The van der Waals surface area contributed by atoms with Gasteiger partial charge in [0.05, 0.1) is 0 Å². The molecule has 0 unspecified atom stereocenters. The van der Waals surface area contributed by atoms with E-state index in [9.17, 15) is 0 Å². The van der Waals surface area contributed by atoms with Crippen LogP contribution < -0.4 is 5.32 Å². The molecular weight excluding hydrogens is 134 g/mol. The third-order valence-corrected chi connectivity index (χ3v) is 3.34. The van der Waals surface area contributed by atoms with E-state index in [0.717, 1.165) is 17.9 Å². The predicted molar refractivity (Wildman–Crippen MR) is 47.5 cm³/mol. The molecule has 1 saturated carbocycles. The summed E-state index contributed by atoms with van der Waals surface area (Å²) < 4.78 is 0. The van der Waals surface area contributed by atoms with Crippen molar-refractivity contribution < 1.29 is 0 Å². The van der Waals surface area contributed by atoms with Gasteiger partial charge in [0, 0.05) is 6.04 Å². The van der Waals surface area contributed by atoms with E-state index in [1.807, 2.05) is 0 Å². The Morgan fingerprint density at radius 2 is 2.00 bits per heavy atom. The summed E-state index contributed by atoms with van der Waals surface area (Å²) in [6.07, 6.45) is 7.36. The highest BCUT2D eigenvalue weighted by molar-refractivity contribution is 4.86. The van der Waals surface area contributed by atoms with Crippen LogP contribution in [0.2, 0.25) is 0 Å². The quantitative estimate of drug-likeness (QED) is 0.562. The zero-order chi connectivity index (χ0) is 7.68. The van der Waals surface area contributed by atoms with E-state index in [0.29, 0.717) is 0 Å². The molecule has 0 aromatic heterocycles. The highest BCUT2D eigenvalue weighted by Crippen LogP contribution is 2.32. The Hall–Kier alpha value is -0.0400. The van der Waals surface area contributed by atoms with Gasteiger partial charge in [-0.1, -0.05) is 19.8 Å². The molecule has 0 aromatic rings. The highest BCUT2D eigenvalue weighted by Gasteiger charge is 2.29. The number of piperidine rings is 1. The van der Waals surface area contributed by atoms with Crippen LogP contribution in [-0.4, -0.2) is 12.6 Å². The SMILES string of the molecule is C[C@@H]1CN[C@@H]2CCCC[C@@H]2C1. The summed E-state index contributed by atoms with van der Waals surface area (Å²) in [6.45, 7) is 3.64. The molecule has 2 aliphatic rings. The summed E-state index contributed by atoms with van der Waals surface area (Å²) in [7, 11) is 0. The molecular formula is C10H19N. The minimum Gasteiger partial charge on any atom is -0.313 e. The van der Waals surface area contributed by atoms with E-state index in [-0.39, 0.29) is 0 Å². The van der Waals surface area contributed by atoms with E-state index < -0.39 is 0 Å². The van der Waals surface area contributed by atoms with Gasteiger partial charge in [-0.15, -0.1) is 0 Å². The van der Waals surface area contributed by atoms with Crippen LogP contribution in [-0.2, 0) is 0 Å². The Morgan fingerprint density at radius 3 is 2.91 bits per heavy atom. The fourth-order valence-electron chi connectivity index (χ4n) is 2.71. The molecule has 3 atom stereocenters. The average Bonchev–Trinajstić information content (AvgIpc) is 2.04. The molecule has 0 spiro atoms. The van der Waals surface area contributed by atoms with Crippen LogP contribution in [0.5, 0.6) is 0 Å². The van der Waals surface area contributed by atoms with E-state index in [1.54, 1.807) is 0 Å². The molecule has 1 aliphatic heterocycles. The summed E-state index contributed by atoms with van der Waals surface area (Å²) in [5.41, 5.74) is 0. The first-order valence-electron chi connectivity index (χ1n) is 5.09. The normalized spacial score (nSPS) is 45.0. The van der Waals surface area contributed by atoms with Crippen molar-refractivity contribution in [1.82, 2.24) is 5.32 Å². The third-order valence-electron chi connectivity index (χ3n) is 3.34. The maximum atomic E-state index is 3.67. The van der Waals surface area contributed by atoms with Gasteiger partial charge in [-0.25, -0.2) is 0 Å². The molecule has 1 nitrogen and oxygen atoms in total. The molecule has 64 valence electrons. The topological polar surface area (TPSA) is 12.0 Å². The largest absolute Gasteiger partial charge is 0.313 e. The zero-order valence-corrected chi connectivity index (χ0v) is 7.47. The molecule has 2 rings (SSSR count). The molecule has 0 bridgehead atoms. The molecule has 0 amide bonds. The first-order chi connectivity index (χ1) is 5.36. The van der Waals surface area contributed by atoms with Gasteiger partial charge in [0.25, 0.3) is 0 Å². The van der Waals surface area contributed by atoms with Gasteiger partial charge < -0.3 is 5.32 Å². The van der Waals surface area contributed by atoms with E-state index in [4.69, 9.17) is 0 Å². The molecule has 1 heteroatoms. The summed E-state index contributed by atoms with van der Waals surface area (Å²) >= 11 is 0. The third kappa shape index (κ3) is 1.58. The van der Waals surface area contributed by atoms with Gasteiger partial charge in [-0.05, 0) is 37.6 Å². The van der Waals surface area contributed by atoms with Crippen LogP contribution in [0, 0.1) is 11.8 Å². The van der Waals surface area contributed by atoms with Crippen LogP contribution >= 0.6 is 0 Å². The summed E-state index contributed by atoms with van der Waals surface area (Å²) in [5, 5.41) is 3.67. The molecule has 2 fully saturated rings. The van der Waals surface area contributed by atoms with Crippen LogP contribution in [0.3, 0.4) is 0 Å². The molecule has 1 aliphatic carbocycles. The van der Waals surface area contributed by atoms with Gasteiger partial charge in [-0.3, -0.25) is 0 Å². The Bertz CT molecular complexity index is 133. The highest BCUT2D eigenvalue weighted by atomic mass is 14.9. The van der Waals surface area contributed by atoms with Gasteiger partial charge >= 0.3 is 0 Å². The minimum absolute atomic E-state index is 0.889. The summed E-state index contributed by atoms with van der Waals surface area (Å²) in [6, 6.07) is 0.889. The van der Waals surface area contributed by atoms with Gasteiger partial charge in [0.2, 0.25) is 0 Å². The van der Waals surface area contributed by atoms with Crippen molar-refractivity contribution in [3.05, 3.63) is 0 Å². The maximum absolute atomic E-state index is 3.67. The Labute approximate surface area is 69.6 Å². The Kier molecular flexibility index (Phi) is 2.17. The lowest BCUT2D eigenvalue weighted by molar-refractivity contribution is 0.175. The van der Waals surface area contributed by atoms with Crippen LogP contribution in [0.4, 0.5) is 0 Å². The molecule has 0 aromatic carbocycles. The molecule has 1 N–H and O–H groups in total. The van der Waals surface area contributed by atoms with Crippen molar-refractivity contribution in [2.24, 2.45) is 11.8 Å². The van der Waals surface area contributed by atoms with Gasteiger partial charge in [0.1, 0.15) is 0 Å². The number of fused-ring (bicyclic) bond motifs is 1. The molecule has 0 radical (unpaired) electrons. The summed E-state index contributed by atoms with van der Waals surface area (Å²) in [5.74, 6) is 1.95. The Balaban J connectivity index is 1.93. The zero-order valence-electron chi connectivity index (χ0n) is 7.47. The number of rotatable bonds is 0. The minimum atomic E-state index is 0.889. The summed E-state index contributed by atoms with van der Waals surface area (Å²) in [4.78, 5) is 0. The van der Waals surface area contributed by atoms with Crippen molar-refractivity contribution in [3.63, 3.8) is 0 Å².